The van der Waals surface area contributed by atoms with Crippen molar-refractivity contribution in [3.63, 3.8) is 0 Å². The second-order valence-corrected chi connectivity index (χ2v) is 6.78. The molecule has 1 amide bonds. The van der Waals surface area contributed by atoms with Crippen LogP contribution >= 0.6 is 0 Å². The Kier molecular flexibility index (Phi) is 5.45. The highest BCUT2D eigenvalue weighted by Gasteiger charge is 2.23. The molecule has 0 aliphatic heterocycles. The molecule has 27 heavy (non-hydrogen) atoms. The molecule has 1 atom stereocenters. The summed E-state index contributed by atoms with van der Waals surface area (Å²) in [6.45, 7) is 3.84. The maximum absolute atomic E-state index is 12.9. The van der Waals surface area contributed by atoms with Gasteiger partial charge in [-0.25, -0.2) is 9.78 Å². The van der Waals surface area contributed by atoms with Gasteiger partial charge in [0.1, 0.15) is 6.04 Å². The number of amides is 1. The first-order valence-electron chi connectivity index (χ1n) is 8.80. The number of carbonyl (C=O) groups is 2. The predicted molar refractivity (Wildman–Crippen MR) is 103 cm³/mol. The SMILES string of the molecule is CC(C)CC(NC(=O)c1cc(-c2ccccn2)nc2ccccc12)C(=O)O. The molecule has 3 aromatic rings. The molecule has 1 unspecified atom stereocenters. The van der Waals surface area contributed by atoms with Crippen LogP contribution in [-0.4, -0.2) is 33.0 Å². The molecular formula is C21H21N3O3. The minimum absolute atomic E-state index is 0.143. The number of nitrogens with one attached hydrogen (secondary N) is 1. The lowest BCUT2D eigenvalue weighted by Gasteiger charge is -2.17. The van der Waals surface area contributed by atoms with Crippen LogP contribution in [0.2, 0.25) is 0 Å². The summed E-state index contributed by atoms with van der Waals surface area (Å²) in [5.41, 5.74) is 2.25. The number of nitrogens with zero attached hydrogens (tertiary/aromatic N) is 2. The van der Waals surface area contributed by atoms with E-state index in [4.69, 9.17) is 0 Å². The van der Waals surface area contributed by atoms with E-state index < -0.39 is 17.9 Å². The van der Waals surface area contributed by atoms with E-state index in [0.29, 0.717) is 34.3 Å². The highest BCUT2D eigenvalue weighted by Crippen LogP contribution is 2.24. The predicted octanol–water partition coefficient (Wildman–Crippen LogP) is 3.53. The molecule has 0 saturated heterocycles. The lowest BCUT2D eigenvalue weighted by Crippen LogP contribution is -2.41. The molecule has 3 rings (SSSR count). The van der Waals surface area contributed by atoms with Crippen molar-refractivity contribution in [2.24, 2.45) is 5.92 Å². The molecule has 0 aliphatic carbocycles. The molecular weight excluding hydrogens is 342 g/mol. The van der Waals surface area contributed by atoms with Gasteiger partial charge in [-0.05, 0) is 36.6 Å². The smallest absolute Gasteiger partial charge is 0.326 e. The Balaban J connectivity index is 2.04. The zero-order chi connectivity index (χ0) is 19.4. The number of hydrogen-bond donors (Lipinski definition) is 2. The third kappa shape index (κ3) is 4.28. The second-order valence-electron chi connectivity index (χ2n) is 6.78. The van der Waals surface area contributed by atoms with E-state index in [1.807, 2.05) is 50.2 Å². The Hall–Kier alpha value is -3.28. The Morgan fingerprint density at radius 1 is 1.07 bits per heavy atom. The fourth-order valence-electron chi connectivity index (χ4n) is 2.94. The van der Waals surface area contributed by atoms with Crippen LogP contribution in [0.4, 0.5) is 0 Å². The number of carbonyl (C=O) groups excluding carboxylic acids is 1. The van der Waals surface area contributed by atoms with Gasteiger partial charge < -0.3 is 10.4 Å². The zero-order valence-electron chi connectivity index (χ0n) is 15.2. The van der Waals surface area contributed by atoms with Crippen LogP contribution in [0, 0.1) is 5.92 Å². The van der Waals surface area contributed by atoms with Crippen molar-refractivity contribution < 1.29 is 14.7 Å². The Morgan fingerprint density at radius 3 is 2.48 bits per heavy atom. The fourth-order valence-corrected chi connectivity index (χ4v) is 2.94. The summed E-state index contributed by atoms with van der Waals surface area (Å²) in [4.78, 5) is 33.3. The Bertz CT molecular complexity index is 971. The highest BCUT2D eigenvalue weighted by molar-refractivity contribution is 6.08. The molecule has 0 fully saturated rings. The summed E-state index contributed by atoms with van der Waals surface area (Å²) >= 11 is 0. The van der Waals surface area contributed by atoms with Crippen LogP contribution in [0.1, 0.15) is 30.6 Å². The zero-order valence-corrected chi connectivity index (χ0v) is 15.2. The Labute approximate surface area is 157 Å². The van der Waals surface area contributed by atoms with Gasteiger partial charge in [-0.2, -0.15) is 0 Å². The standard InChI is InChI=1S/C21H21N3O3/c1-13(2)11-19(21(26)27)24-20(25)15-12-18(17-9-5-6-10-22-17)23-16-8-4-3-7-14(15)16/h3-10,12-13,19H,11H2,1-2H3,(H,24,25)(H,26,27). The maximum Gasteiger partial charge on any atom is 0.326 e. The lowest BCUT2D eigenvalue weighted by atomic mass is 10.0. The van der Waals surface area contributed by atoms with E-state index in [9.17, 15) is 14.7 Å². The molecule has 2 heterocycles. The van der Waals surface area contributed by atoms with E-state index in [1.165, 1.54) is 0 Å². The summed E-state index contributed by atoms with van der Waals surface area (Å²) in [6.07, 6.45) is 2.02. The molecule has 2 N–H and O–H groups in total. The summed E-state index contributed by atoms with van der Waals surface area (Å²) in [7, 11) is 0. The molecule has 0 saturated carbocycles. The molecule has 1 aromatic carbocycles. The van der Waals surface area contributed by atoms with Crippen molar-refractivity contribution in [2.75, 3.05) is 0 Å². The van der Waals surface area contributed by atoms with Gasteiger partial charge >= 0.3 is 5.97 Å². The summed E-state index contributed by atoms with van der Waals surface area (Å²) in [5, 5.41) is 12.7. The first-order chi connectivity index (χ1) is 13.0. The number of aliphatic carboxylic acids is 1. The maximum atomic E-state index is 12.9. The van der Waals surface area contributed by atoms with Crippen molar-refractivity contribution in [3.05, 3.63) is 60.3 Å². The minimum Gasteiger partial charge on any atom is -0.480 e. The van der Waals surface area contributed by atoms with Gasteiger partial charge in [0.25, 0.3) is 5.91 Å². The molecule has 0 bridgehead atoms. The average molecular weight is 363 g/mol. The largest absolute Gasteiger partial charge is 0.480 e. The lowest BCUT2D eigenvalue weighted by molar-refractivity contribution is -0.139. The molecule has 0 spiro atoms. The second kappa shape index (κ2) is 7.95. The number of fused-ring (bicyclic) bond motifs is 1. The van der Waals surface area contributed by atoms with Crippen molar-refractivity contribution >= 4 is 22.8 Å². The fraction of sp³-hybridized carbons (Fsp3) is 0.238. The number of carboxylic acid groups (broad SMARTS) is 1. The van der Waals surface area contributed by atoms with Gasteiger partial charge in [-0.1, -0.05) is 38.1 Å². The first-order valence-corrected chi connectivity index (χ1v) is 8.80. The van der Waals surface area contributed by atoms with Crippen molar-refractivity contribution in [3.8, 4) is 11.4 Å². The van der Waals surface area contributed by atoms with Crippen molar-refractivity contribution in [1.82, 2.24) is 15.3 Å². The number of hydrogen-bond acceptors (Lipinski definition) is 4. The average Bonchev–Trinajstić information content (AvgIpc) is 2.66. The van der Waals surface area contributed by atoms with Gasteiger partial charge in [-0.3, -0.25) is 9.78 Å². The molecule has 138 valence electrons. The van der Waals surface area contributed by atoms with Crippen LogP contribution in [0.5, 0.6) is 0 Å². The normalized spacial score (nSPS) is 12.1. The Morgan fingerprint density at radius 2 is 1.81 bits per heavy atom. The van der Waals surface area contributed by atoms with E-state index in [0.717, 1.165) is 0 Å². The topological polar surface area (TPSA) is 92.2 Å². The van der Waals surface area contributed by atoms with E-state index in [1.54, 1.807) is 18.3 Å². The van der Waals surface area contributed by atoms with E-state index >= 15 is 0 Å². The molecule has 6 heteroatoms. The van der Waals surface area contributed by atoms with Crippen LogP contribution in [0.25, 0.3) is 22.3 Å². The van der Waals surface area contributed by atoms with E-state index in [2.05, 4.69) is 15.3 Å². The first kappa shape index (κ1) is 18.5. The molecule has 0 radical (unpaired) electrons. The highest BCUT2D eigenvalue weighted by atomic mass is 16.4. The van der Waals surface area contributed by atoms with Gasteiger partial charge in [0.05, 0.1) is 22.5 Å². The van der Waals surface area contributed by atoms with Gasteiger partial charge in [-0.15, -0.1) is 0 Å². The molecule has 6 nitrogen and oxygen atoms in total. The summed E-state index contributed by atoms with van der Waals surface area (Å²) in [6, 6.07) is 13.5. The van der Waals surface area contributed by atoms with Crippen molar-refractivity contribution in [2.45, 2.75) is 26.3 Å². The third-order valence-corrected chi connectivity index (χ3v) is 4.20. The van der Waals surface area contributed by atoms with E-state index in [-0.39, 0.29) is 5.92 Å². The van der Waals surface area contributed by atoms with Crippen molar-refractivity contribution in [1.29, 1.82) is 0 Å². The number of rotatable bonds is 6. The van der Waals surface area contributed by atoms with Crippen LogP contribution in [0.15, 0.2) is 54.7 Å². The van der Waals surface area contributed by atoms with Gasteiger partial charge in [0.15, 0.2) is 0 Å². The number of aromatic nitrogens is 2. The van der Waals surface area contributed by atoms with Crippen LogP contribution < -0.4 is 5.32 Å². The van der Waals surface area contributed by atoms with Crippen LogP contribution in [0.3, 0.4) is 0 Å². The number of carboxylic acids is 1. The minimum atomic E-state index is -1.04. The van der Waals surface area contributed by atoms with Gasteiger partial charge in [0, 0.05) is 11.6 Å². The number of para-hydroxylation sites is 1. The third-order valence-electron chi connectivity index (χ3n) is 4.20. The monoisotopic (exact) mass is 363 g/mol. The number of benzene rings is 1. The molecule has 2 aromatic heterocycles. The number of pyridine rings is 2. The van der Waals surface area contributed by atoms with Gasteiger partial charge in [0.2, 0.25) is 0 Å². The summed E-state index contributed by atoms with van der Waals surface area (Å²) < 4.78 is 0. The molecule has 0 aliphatic rings. The summed E-state index contributed by atoms with van der Waals surface area (Å²) in [5.74, 6) is -1.33. The van der Waals surface area contributed by atoms with Crippen LogP contribution in [-0.2, 0) is 4.79 Å². The quantitative estimate of drug-likeness (QED) is 0.699.